The molecule has 0 aromatic heterocycles. The van der Waals surface area contributed by atoms with E-state index in [0.717, 1.165) is 11.8 Å². The van der Waals surface area contributed by atoms with Crippen LogP contribution in [0.2, 0.25) is 0 Å². The molecule has 0 saturated carbocycles. The van der Waals surface area contributed by atoms with Crippen LogP contribution < -0.4 is 0 Å². The molecule has 1 fully saturated rings. The van der Waals surface area contributed by atoms with Gasteiger partial charge in [-0.1, -0.05) is 20.8 Å². The molecule has 0 aromatic carbocycles. The second-order valence-electron chi connectivity index (χ2n) is 4.24. The predicted molar refractivity (Wildman–Crippen MR) is 61.7 cm³/mol. The van der Waals surface area contributed by atoms with Gasteiger partial charge in [0.2, 0.25) is 0 Å². The fourth-order valence-corrected chi connectivity index (χ4v) is 2.94. The average molecular weight is 313 g/mol. The summed E-state index contributed by atoms with van der Waals surface area (Å²) in [6.07, 6.45) is 0. The molecular formula is C8H12INO2S. The van der Waals surface area contributed by atoms with Crippen LogP contribution >= 0.6 is 34.6 Å². The molecular weight excluding hydrogens is 301 g/mol. The number of hydrogen-bond donors (Lipinski definition) is 0. The van der Waals surface area contributed by atoms with Crippen LogP contribution in [0.15, 0.2) is 0 Å². The van der Waals surface area contributed by atoms with E-state index in [0.29, 0.717) is 0 Å². The molecule has 3 nitrogen and oxygen atoms in total. The lowest BCUT2D eigenvalue weighted by Gasteiger charge is -2.33. The van der Waals surface area contributed by atoms with Gasteiger partial charge >= 0.3 is 0 Å². The Kier molecular flexibility index (Phi) is 2.71. The van der Waals surface area contributed by atoms with Crippen molar-refractivity contribution < 1.29 is 9.59 Å². The molecule has 1 aliphatic rings. The third-order valence-corrected chi connectivity index (χ3v) is 5.23. The number of halogens is 1. The number of nitrogens with zero attached hydrogens (tertiary/aromatic N) is 1. The Balaban J connectivity index is 3.09. The predicted octanol–water partition coefficient (Wildman–Crippen LogP) is 2.84. The van der Waals surface area contributed by atoms with Gasteiger partial charge < -0.3 is 0 Å². The quantitative estimate of drug-likeness (QED) is 0.510. The monoisotopic (exact) mass is 313 g/mol. The highest BCUT2D eigenvalue weighted by atomic mass is 127. The van der Waals surface area contributed by atoms with Gasteiger partial charge in [0.05, 0.1) is 22.9 Å². The molecule has 74 valence electrons. The summed E-state index contributed by atoms with van der Waals surface area (Å²) in [7, 11) is 0. The Hall–Kier alpha value is 0.220. The SMILES string of the molecule is CC(C)(C)C1(C)SC(=O)N(I)C1=O. The zero-order chi connectivity index (χ0) is 10.4. The van der Waals surface area contributed by atoms with Gasteiger partial charge in [0.15, 0.2) is 0 Å². The van der Waals surface area contributed by atoms with Crippen molar-refractivity contribution in [3.05, 3.63) is 0 Å². The first-order valence-electron chi connectivity index (χ1n) is 3.93. The molecule has 1 heterocycles. The van der Waals surface area contributed by atoms with Crippen molar-refractivity contribution in [1.29, 1.82) is 0 Å². The van der Waals surface area contributed by atoms with Crippen LogP contribution in [0.5, 0.6) is 0 Å². The second-order valence-corrected chi connectivity index (χ2v) is 6.57. The number of hydrogen-bond acceptors (Lipinski definition) is 3. The van der Waals surface area contributed by atoms with E-state index in [1.54, 1.807) is 22.9 Å². The maximum atomic E-state index is 11.8. The normalized spacial score (nSPS) is 30.1. The lowest BCUT2D eigenvalue weighted by molar-refractivity contribution is -0.127. The molecule has 1 rings (SSSR count). The Morgan fingerprint density at radius 1 is 1.38 bits per heavy atom. The minimum absolute atomic E-state index is 0.101. The van der Waals surface area contributed by atoms with Crippen molar-refractivity contribution in [2.24, 2.45) is 5.41 Å². The van der Waals surface area contributed by atoms with Crippen molar-refractivity contribution >= 4 is 45.8 Å². The van der Waals surface area contributed by atoms with E-state index < -0.39 is 4.75 Å². The number of amides is 2. The van der Waals surface area contributed by atoms with E-state index in [1.165, 1.54) is 3.11 Å². The third kappa shape index (κ3) is 1.60. The fraction of sp³-hybridized carbons (Fsp3) is 0.750. The van der Waals surface area contributed by atoms with Crippen molar-refractivity contribution in [2.45, 2.75) is 32.4 Å². The first kappa shape index (κ1) is 11.3. The van der Waals surface area contributed by atoms with Crippen molar-refractivity contribution in [1.82, 2.24) is 3.11 Å². The lowest BCUT2D eigenvalue weighted by Crippen LogP contribution is -2.43. The summed E-state index contributed by atoms with van der Waals surface area (Å²) in [6.45, 7) is 7.75. The summed E-state index contributed by atoms with van der Waals surface area (Å²) >= 11 is 2.88. The molecule has 5 heteroatoms. The molecule has 13 heavy (non-hydrogen) atoms. The van der Waals surface area contributed by atoms with Gasteiger partial charge in [-0.05, 0) is 24.1 Å². The molecule has 0 aliphatic carbocycles. The highest BCUT2D eigenvalue weighted by molar-refractivity contribution is 14.1. The van der Waals surface area contributed by atoms with E-state index in [9.17, 15) is 9.59 Å². The van der Waals surface area contributed by atoms with Crippen LogP contribution in [0.1, 0.15) is 27.7 Å². The van der Waals surface area contributed by atoms with E-state index in [2.05, 4.69) is 0 Å². The van der Waals surface area contributed by atoms with Gasteiger partial charge in [0.25, 0.3) is 11.1 Å². The summed E-state index contributed by atoms with van der Waals surface area (Å²) < 4.78 is 0.555. The largest absolute Gasteiger partial charge is 0.298 e. The first-order valence-corrected chi connectivity index (χ1v) is 5.71. The van der Waals surface area contributed by atoms with Crippen LogP contribution in [0, 0.1) is 5.41 Å². The minimum Gasteiger partial charge on any atom is -0.272 e. The van der Waals surface area contributed by atoms with E-state index in [1.807, 2.05) is 27.7 Å². The van der Waals surface area contributed by atoms with Crippen LogP contribution in [0.4, 0.5) is 4.79 Å². The summed E-state index contributed by atoms with van der Waals surface area (Å²) in [4.78, 5) is 23.1. The van der Waals surface area contributed by atoms with Gasteiger partial charge in [-0.15, -0.1) is 0 Å². The number of carbonyl (C=O) groups is 2. The van der Waals surface area contributed by atoms with Gasteiger partial charge in [-0.2, -0.15) is 0 Å². The van der Waals surface area contributed by atoms with Crippen molar-refractivity contribution in [3.8, 4) is 0 Å². The number of thioether (sulfide) groups is 1. The Labute approximate surface area is 96.1 Å². The van der Waals surface area contributed by atoms with Crippen LogP contribution in [0.3, 0.4) is 0 Å². The summed E-state index contributed by atoms with van der Waals surface area (Å²) in [6, 6.07) is 0. The smallest absolute Gasteiger partial charge is 0.272 e. The second kappa shape index (κ2) is 3.12. The fourth-order valence-electron chi connectivity index (χ4n) is 1.00. The molecule has 1 atom stereocenters. The minimum atomic E-state index is -0.620. The Morgan fingerprint density at radius 3 is 2.00 bits per heavy atom. The Morgan fingerprint density at radius 2 is 1.85 bits per heavy atom. The lowest BCUT2D eigenvalue weighted by atomic mass is 9.80. The first-order chi connectivity index (χ1) is 5.70. The summed E-state index contributed by atoms with van der Waals surface area (Å²) in [5, 5.41) is -0.164. The van der Waals surface area contributed by atoms with E-state index in [-0.39, 0.29) is 16.6 Å². The molecule has 0 radical (unpaired) electrons. The molecule has 0 aromatic rings. The number of carbonyl (C=O) groups excluding carboxylic acids is 2. The van der Waals surface area contributed by atoms with Crippen LogP contribution in [-0.2, 0) is 4.79 Å². The number of rotatable bonds is 0. The Bertz CT molecular complexity index is 274. The highest BCUT2D eigenvalue weighted by Crippen LogP contribution is 2.49. The molecule has 1 unspecified atom stereocenters. The number of imide groups is 1. The zero-order valence-corrected chi connectivity index (χ0v) is 11.0. The summed E-state index contributed by atoms with van der Waals surface area (Å²) in [5.74, 6) is -0.101. The molecule has 0 N–H and O–H groups in total. The van der Waals surface area contributed by atoms with Gasteiger partial charge in [0.1, 0.15) is 4.75 Å². The van der Waals surface area contributed by atoms with Crippen LogP contribution in [0.25, 0.3) is 0 Å². The molecule has 1 aliphatic heterocycles. The molecule has 0 spiro atoms. The van der Waals surface area contributed by atoms with Crippen molar-refractivity contribution in [2.75, 3.05) is 0 Å². The molecule has 1 saturated heterocycles. The van der Waals surface area contributed by atoms with Gasteiger partial charge in [0, 0.05) is 0 Å². The van der Waals surface area contributed by atoms with E-state index >= 15 is 0 Å². The maximum Gasteiger partial charge on any atom is 0.298 e. The van der Waals surface area contributed by atoms with Gasteiger partial charge in [-0.25, -0.2) is 3.11 Å². The summed E-state index contributed by atoms with van der Waals surface area (Å²) in [5.41, 5.74) is -0.204. The molecule has 0 bridgehead atoms. The maximum absolute atomic E-state index is 11.8. The van der Waals surface area contributed by atoms with Crippen molar-refractivity contribution in [3.63, 3.8) is 0 Å². The van der Waals surface area contributed by atoms with E-state index in [4.69, 9.17) is 0 Å². The third-order valence-electron chi connectivity index (χ3n) is 2.47. The van der Waals surface area contributed by atoms with Gasteiger partial charge in [-0.3, -0.25) is 9.59 Å². The average Bonchev–Trinajstić information content (AvgIpc) is 2.15. The molecule has 2 amide bonds. The highest BCUT2D eigenvalue weighted by Gasteiger charge is 2.55. The standard InChI is InChI=1S/C8H12INO2S/c1-7(2,3)8(4)5(11)10(9)6(12)13-8/h1-4H3. The zero-order valence-electron chi connectivity index (χ0n) is 8.05. The van der Waals surface area contributed by atoms with Crippen LogP contribution in [-0.4, -0.2) is 19.0 Å². The topological polar surface area (TPSA) is 37.4 Å².